The van der Waals surface area contributed by atoms with E-state index in [1.54, 1.807) is 0 Å². The van der Waals surface area contributed by atoms with Crippen LogP contribution < -0.4 is 16.0 Å². The predicted octanol–water partition coefficient (Wildman–Crippen LogP) is 6.72. The largest absolute Gasteiger partial charge is 0.374 e. The fourth-order valence-corrected chi connectivity index (χ4v) is 6.02. The van der Waals surface area contributed by atoms with Crippen molar-refractivity contribution in [1.82, 2.24) is 20.3 Å². The third-order valence-electron chi connectivity index (χ3n) is 8.00. The maximum atomic E-state index is 3.88. The lowest BCUT2D eigenvalue weighted by Gasteiger charge is -2.18. The molecule has 210 valence electrons. The van der Waals surface area contributed by atoms with E-state index < -0.39 is 0 Å². The van der Waals surface area contributed by atoms with E-state index in [1.165, 1.54) is 16.7 Å². The minimum absolute atomic E-state index is 0.0217. The zero-order valence-electron chi connectivity index (χ0n) is 24.4. The molecule has 6 aromatic rings. The number of rotatable bonds is 6. The predicted molar refractivity (Wildman–Crippen MR) is 177 cm³/mol. The van der Waals surface area contributed by atoms with Gasteiger partial charge in [-0.25, -0.2) is 0 Å². The molecular weight excluding hydrogens is 524 g/mol. The zero-order chi connectivity index (χ0) is 29.2. The molecule has 7 rings (SSSR count). The van der Waals surface area contributed by atoms with Gasteiger partial charge in [0.25, 0.3) is 0 Å². The van der Waals surface area contributed by atoms with Gasteiger partial charge < -0.3 is 20.3 Å². The summed E-state index contributed by atoms with van der Waals surface area (Å²) < 4.78 is 0. The first-order valence-corrected chi connectivity index (χ1v) is 14.7. The maximum absolute atomic E-state index is 3.88. The molecule has 0 aliphatic carbocycles. The summed E-state index contributed by atoms with van der Waals surface area (Å²) in [5.41, 5.74) is 12.6. The molecule has 1 aliphatic heterocycles. The van der Waals surface area contributed by atoms with E-state index in [1.807, 2.05) is 0 Å². The van der Waals surface area contributed by atoms with Gasteiger partial charge in [-0.2, -0.15) is 0 Å². The summed E-state index contributed by atoms with van der Waals surface area (Å²) in [5.74, 6) is 0. The van der Waals surface area contributed by atoms with E-state index in [2.05, 4.69) is 174 Å². The fourth-order valence-electron chi connectivity index (χ4n) is 6.02. The molecule has 4 nitrogen and oxygen atoms in total. The van der Waals surface area contributed by atoms with E-state index in [-0.39, 0.29) is 6.04 Å². The number of H-pyrrole nitrogens is 3. The van der Waals surface area contributed by atoms with Crippen LogP contribution in [0.2, 0.25) is 0 Å². The Kier molecular flexibility index (Phi) is 7.02. The Labute approximate surface area is 251 Å². The summed E-state index contributed by atoms with van der Waals surface area (Å²) in [6, 6.07) is 44.8. The van der Waals surface area contributed by atoms with E-state index in [9.17, 15) is 0 Å². The number of hydrogen-bond donors (Lipinski definition) is 4. The minimum Gasteiger partial charge on any atom is -0.374 e. The number of benzene rings is 3. The molecule has 0 saturated heterocycles. The first kappa shape index (κ1) is 26.4. The molecule has 1 unspecified atom stereocenters. The van der Waals surface area contributed by atoms with Crippen molar-refractivity contribution in [2.45, 2.75) is 19.9 Å². The summed E-state index contributed by atoms with van der Waals surface area (Å²) in [6.45, 7) is 4.19. The van der Waals surface area contributed by atoms with Crippen LogP contribution in [0.5, 0.6) is 0 Å². The van der Waals surface area contributed by atoms with Gasteiger partial charge >= 0.3 is 0 Å². The quantitative estimate of drug-likeness (QED) is 0.180. The summed E-state index contributed by atoms with van der Waals surface area (Å²) in [5, 5.41) is 6.03. The van der Waals surface area contributed by atoms with Crippen LogP contribution in [0.4, 0.5) is 0 Å². The summed E-state index contributed by atoms with van der Waals surface area (Å²) in [4.78, 5) is 10.9. The summed E-state index contributed by atoms with van der Waals surface area (Å²) in [7, 11) is 0. The zero-order valence-corrected chi connectivity index (χ0v) is 24.4. The number of aromatic amines is 3. The second-order valence-corrected chi connectivity index (χ2v) is 11.1. The van der Waals surface area contributed by atoms with Gasteiger partial charge in [0.2, 0.25) is 0 Å². The molecule has 0 bridgehead atoms. The molecule has 3 aromatic carbocycles. The lowest BCUT2D eigenvalue weighted by atomic mass is 9.98. The van der Waals surface area contributed by atoms with Crippen molar-refractivity contribution < 1.29 is 0 Å². The molecule has 3 aromatic heterocycles. The standard InChI is InChI=1S/C39H34N4/c1-26-18-20-31(40-26)37(28-12-6-3-7-13-28)33-22-24-35(42-33)39(30-16-10-5-11-17-30)36-25-23-34(43-36)38(29-14-8-4-9-15-29)32-21-19-27(2)41-32/h3-25,35,40-43H,1-2H3/b37-33-,38-34+,39-36-. The third-order valence-corrected chi connectivity index (χ3v) is 8.00. The lowest BCUT2D eigenvalue weighted by molar-refractivity contribution is 0.855. The smallest absolute Gasteiger partial charge is 0.0728 e. The number of allylic oxidation sites excluding steroid dienone is 1. The number of aromatic nitrogens is 3. The lowest BCUT2D eigenvalue weighted by Crippen LogP contribution is -2.29. The highest BCUT2D eigenvalue weighted by Crippen LogP contribution is 2.30. The SMILES string of the molecule is Cc1ccc(/C(=C2/C=CC(/C(c3ccccc3)=c3/cc/c(=C(/c4ccccc4)c4ccc(C)[nH]4)[nH]3)N2)c2ccccc2)[nH]1. The van der Waals surface area contributed by atoms with Crippen LogP contribution in [0.15, 0.2) is 145 Å². The Balaban J connectivity index is 1.41. The van der Waals surface area contributed by atoms with E-state index >= 15 is 0 Å². The molecule has 1 aliphatic rings. The van der Waals surface area contributed by atoms with E-state index in [0.29, 0.717) is 0 Å². The van der Waals surface area contributed by atoms with Gasteiger partial charge in [0.15, 0.2) is 0 Å². The van der Waals surface area contributed by atoms with Crippen LogP contribution in [-0.2, 0) is 0 Å². The molecule has 0 fully saturated rings. The van der Waals surface area contributed by atoms with Crippen molar-refractivity contribution in [2.24, 2.45) is 0 Å². The first-order chi connectivity index (χ1) is 21.1. The topological polar surface area (TPSA) is 59.4 Å². The Morgan fingerprint density at radius 1 is 0.488 bits per heavy atom. The molecule has 43 heavy (non-hydrogen) atoms. The molecular formula is C39H34N4. The van der Waals surface area contributed by atoms with Crippen LogP contribution in [-0.4, -0.2) is 21.0 Å². The van der Waals surface area contributed by atoms with Gasteiger partial charge in [-0.3, -0.25) is 0 Å². The van der Waals surface area contributed by atoms with Gasteiger partial charge in [0.1, 0.15) is 0 Å². The van der Waals surface area contributed by atoms with Crippen molar-refractivity contribution in [2.75, 3.05) is 0 Å². The van der Waals surface area contributed by atoms with Crippen molar-refractivity contribution >= 4 is 16.7 Å². The highest BCUT2D eigenvalue weighted by molar-refractivity contribution is 5.84. The Hall–Kier alpha value is -5.48. The van der Waals surface area contributed by atoms with Crippen LogP contribution in [0.25, 0.3) is 16.7 Å². The third kappa shape index (κ3) is 5.31. The fraction of sp³-hybridized carbons (Fsp3) is 0.0769. The second-order valence-electron chi connectivity index (χ2n) is 11.1. The molecule has 0 spiro atoms. The average molecular weight is 559 g/mol. The van der Waals surface area contributed by atoms with Gasteiger partial charge in [-0.1, -0.05) is 97.1 Å². The molecule has 4 heterocycles. The summed E-state index contributed by atoms with van der Waals surface area (Å²) >= 11 is 0. The van der Waals surface area contributed by atoms with Gasteiger partial charge in [0, 0.05) is 55.9 Å². The van der Waals surface area contributed by atoms with Crippen LogP contribution >= 0.6 is 0 Å². The normalized spacial score (nSPS) is 17.0. The molecule has 4 heteroatoms. The van der Waals surface area contributed by atoms with Gasteiger partial charge in [-0.15, -0.1) is 0 Å². The maximum Gasteiger partial charge on any atom is 0.0728 e. The van der Waals surface area contributed by atoms with Crippen molar-refractivity contribution in [1.29, 1.82) is 0 Å². The monoisotopic (exact) mass is 558 g/mol. The number of nitrogens with one attached hydrogen (secondary N) is 4. The summed E-state index contributed by atoms with van der Waals surface area (Å²) in [6.07, 6.45) is 4.49. The highest BCUT2D eigenvalue weighted by atomic mass is 15.0. The molecule has 0 radical (unpaired) electrons. The van der Waals surface area contributed by atoms with Crippen LogP contribution in [0.3, 0.4) is 0 Å². The Bertz CT molecular complexity index is 2050. The van der Waals surface area contributed by atoms with E-state index in [0.717, 1.165) is 55.9 Å². The second kappa shape index (κ2) is 11.4. The van der Waals surface area contributed by atoms with Crippen LogP contribution in [0, 0.1) is 13.8 Å². The van der Waals surface area contributed by atoms with Gasteiger partial charge in [-0.05, 0) is 73.0 Å². The average Bonchev–Trinajstić information content (AvgIpc) is 3.86. The molecule has 0 amide bonds. The number of aryl methyl sites for hydroxylation is 2. The molecule has 0 saturated carbocycles. The van der Waals surface area contributed by atoms with Crippen molar-refractivity contribution in [3.8, 4) is 0 Å². The van der Waals surface area contributed by atoms with Gasteiger partial charge in [0.05, 0.1) is 6.04 Å². The van der Waals surface area contributed by atoms with E-state index in [4.69, 9.17) is 0 Å². The molecule has 4 N–H and O–H groups in total. The Morgan fingerprint density at radius 3 is 1.56 bits per heavy atom. The van der Waals surface area contributed by atoms with Crippen molar-refractivity contribution in [3.63, 3.8) is 0 Å². The Morgan fingerprint density at radius 2 is 1.00 bits per heavy atom. The van der Waals surface area contributed by atoms with Crippen LogP contribution in [0.1, 0.15) is 39.5 Å². The molecule has 1 atom stereocenters. The number of hydrogen-bond acceptors (Lipinski definition) is 1. The first-order valence-electron chi connectivity index (χ1n) is 14.7. The highest BCUT2D eigenvalue weighted by Gasteiger charge is 2.23. The minimum atomic E-state index is -0.0217. The van der Waals surface area contributed by atoms with Crippen molar-refractivity contribution in [3.05, 3.63) is 195 Å².